The number of β-amino-alcohol motifs (C(OH)–C–C–N with tert-alkyl or cyclic N) is 1. The number of benzene rings is 5. The van der Waals surface area contributed by atoms with E-state index in [1.807, 2.05) is 106 Å². The topological polar surface area (TPSA) is 311 Å². The van der Waals surface area contributed by atoms with Gasteiger partial charge in [0.25, 0.3) is 31.7 Å². The van der Waals surface area contributed by atoms with Crippen molar-refractivity contribution in [2.45, 2.75) is 137 Å². The molecule has 6 atom stereocenters. The Bertz CT molecular complexity index is 4920. The smallest absolute Gasteiger partial charge is 0.391 e. The van der Waals surface area contributed by atoms with Crippen LogP contribution in [0.5, 0.6) is 0 Å². The number of sulfone groups is 1. The number of allylic oxidation sites excluding steroid dienone is 1. The van der Waals surface area contributed by atoms with Crippen LogP contribution in [0, 0.1) is 17.8 Å². The van der Waals surface area contributed by atoms with Gasteiger partial charge in [-0.25, -0.2) is 26.5 Å². The van der Waals surface area contributed by atoms with Crippen molar-refractivity contribution >= 4 is 107 Å². The standard InChI is InChI=1S/C85H106ClF3N14O12S4/c1-57(59-14-16-61(17-15-59)77-58(2)91-56-117-77)92-81(108)73-48-67(104)52-103(73)82(109)78(83(3,4)5)94-76(105)53-115-45-10-33-90-80(107)72-28-29-75(96-95-72)102-42-38-100(39-43-102)55-84(6)32-30-70(60-18-22-64(86)23-19-60)63(50-84)51-99-36-40-101(41-37-99)66-24-20-62(21-25-66)79(106)97-119(112,113)69-26-27-71(74(49-69)118(110,111)85(87,88)89)93-65(54-116-68-12-8-7-9-13-68)31-35-98-34-11-46-114-47-44-98/h7-9,12-29,49,56-57,65,67,73,78,93,104H,10-11,30-48,50-55H2,1-6H3,(H,90,107)(H,92,108)(H,94,105)(H,97,106)/t57-,65+,67+,73-,78+,84+/m0/s1. The lowest BCUT2D eigenvalue weighted by Crippen LogP contribution is -2.58. The minimum atomic E-state index is -6.12. The highest BCUT2D eigenvalue weighted by molar-refractivity contribution is 7.99. The van der Waals surface area contributed by atoms with Crippen LogP contribution < -0.4 is 35.8 Å². The van der Waals surface area contributed by atoms with Crippen LogP contribution in [0.15, 0.2) is 159 Å². The van der Waals surface area contributed by atoms with Crippen LogP contribution in [0.25, 0.3) is 16.0 Å². The molecular weight excluding hydrogens is 1630 g/mol. The number of carbonyl (C=O) groups is 5. The summed E-state index contributed by atoms with van der Waals surface area (Å²) in [6.45, 7) is 22.1. The minimum Gasteiger partial charge on any atom is -0.391 e. The van der Waals surface area contributed by atoms with Gasteiger partial charge in [-0.05, 0) is 164 Å². The molecule has 4 saturated heterocycles. The van der Waals surface area contributed by atoms with E-state index in [-0.39, 0.29) is 49.4 Å². The van der Waals surface area contributed by atoms with Crippen molar-refractivity contribution in [1.29, 1.82) is 0 Å². The SMILES string of the molecule is Cc1ncsc1-c1ccc([C@H](C)NC(=O)[C@@H]2C[C@@H](O)CN2C(=O)[C@@H](NC(=O)COCCCNC(=O)c2ccc(N3CCN(C[C@]4(C)CCC(c5ccc(Cl)cc5)=C(CN5CCN(c6ccc(C(=O)NS(=O)(=O)c7ccc(N[C@H](CCN8CCCOCC8)CSc8ccccc8)c(S(=O)(=O)C(F)(F)F)c7)cc6)CC5)C4)CC3)nn2)C(C)(C)C)cc1. The molecule has 5 amide bonds. The van der Waals surface area contributed by atoms with E-state index in [2.05, 4.69) is 80.0 Å². The summed E-state index contributed by atoms with van der Waals surface area (Å²) in [5.74, 6) is -1.89. The fourth-order valence-electron chi connectivity index (χ4n) is 15.9. The third kappa shape index (κ3) is 23.8. The number of nitrogens with zero attached hydrogens (tertiary/aromatic N) is 9. The lowest BCUT2D eigenvalue weighted by atomic mass is 9.71. The Kier molecular flexibility index (Phi) is 30.1. The number of anilines is 3. The average molecular weight is 1740 g/mol. The fraction of sp³-hybridized carbons (Fsp3) is 0.482. The van der Waals surface area contributed by atoms with Crippen molar-refractivity contribution in [2.75, 3.05) is 145 Å². The second-order valence-corrected chi connectivity index (χ2v) is 38.6. The molecule has 0 saturated carbocycles. The zero-order valence-corrected chi connectivity index (χ0v) is 71.9. The predicted molar refractivity (Wildman–Crippen MR) is 456 cm³/mol. The van der Waals surface area contributed by atoms with E-state index in [1.54, 1.807) is 41.1 Å². The summed E-state index contributed by atoms with van der Waals surface area (Å²) in [6, 6.07) is 34.6. The summed E-state index contributed by atoms with van der Waals surface area (Å²) >= 11 is 9.40. The number of aliphatic hydroxyl groups is 1. The maximum absolute atomic E-state index is 14.5. The van der Waals surface area contributed by atoms with Gasteiger partial charge in [0.1, 0.15) is 23.6 Å². The molecule has 0 unspecified atom stereocenters. The Morgan fingerprint density at radius 1 is 0.790 bits per heavy atom. The van der Waals surface area contributed by atoms with Gasteiger partial charge in [0, 0.05) is 151 Å². The number of alkyl halides is 3. The average Bonchev–Trinajstić information content (AvgIpc) is 1.42. The van der Waals surface area contributed by atoms with Crippen molar-refractivity contribution in [3.05, 3.63) is 178 Å². The number of thioether (sulfide) groups is 1. The molecule has 7 aromatic rings. The van der Waals surface area contributed by atoms with Crippen LogP contribution in [0.1, 0.15) is 123 Å². The van der Waals surface area contributed by atoms with Gasteiger partial charge >= 0.3 is 5.51 Å². The van der Waals surface area contributed by atoms with Crippen LogP contribution in [-0.4, -0.2) is 246 Å². The summed E-state index contributed by atoms with van der Waals surface area (Å²) < 4.78 is 111. The molecule has 640 valence electrons. The lowest BCUT2D eigenvalue weighted by molar-refractivity contribution is -0.144. The van der Waals surface area contributed by atoms with Crippen molar-refractivity contribution in [3.63, 3.8) is 0 Å². The number of aromatic nitrogens is 3. The van der Waals surface area contributed by atoms with Crippen LogP contribution >= 0.6 is 34.7 Å². The lowest BCUT2D eigenvalue weighted by Gasteiger charge is -2.44. The quantitative estimate of drug-likeness (QED) is 0.0169. The number of rotatable bonds is 32. The molecule has 6 N–H and O–H groups in total. The molecule has 26 nitrogen and oxygen atoms in total. The molecule has 12 rings (SSSR count). The molecule has 0 bridgehead atoms. The molecule has 0 radical (unpaired) electrons. The second kappa shape index (κ2) is 39.9. The van der Waals surface area contributed by atoms with Gasteiger partial charge in [-0.3, -0.25) is 33.8 Å². The number of halogens is 4. The molecular formula is C85H106ClF3N14O12S4. The highest BCUT2D eigenvalue weighted by Crippen LogP contribution is 2.45. The number of sulfonamides is 1. The Morgan fingerprint density at radius 3 is 2.18 bits per heavy atom. The van der Waals surface area contributed by atoms with Gasteiger partial charge in [-0.1, -0.05) is 99.5 Å². The van der Waals surface area contributed by atoms with Crippen LogP contribution in [0.2, 0.25) is 5.02 Å². The van der Waals surface area contributed by atoms with E-state index in [0.717, 1.165) is 121 Å². The zero-order chi connectivity index (χ0) is 84.8. The number of amides is 5. The molecule has 2 aromatic heterocycles. The third-order valence-electron chi connectivity index (χ3n) is 22.5. The van der Waals surface area contributed by atoms with E-state index in [4.69, 9.17) is 21.1 Å². The fourth-order valence-corrected chi connectivity index (χ4v) is 19.8. The Labute approximate surface area is 707 Å². The first-order valence-electron chi connectivity index (χ1n) is 40.3. The van der Waals surface area contributed by atoms with E-state index in [9.17, 15) is 59.1 Å². The normalized spacial score (nSPS) is 19.7. The summed E-state index contributed by atoms with van der Waals surface area (Å²) in [7, 11) is -11.0. The van der Waals surface area contributed by atoms with Crippen molar-refractivity contribution in [3.8, 4) is 10.4 Å². The molecule has 5 aliphatic rings. The Balaban J connectivity index is 0.578. The van der Waals surface area contributed by atoms with Gasteiger partial charge in [0.2, 0.25) is 17.7 Å². The Hall–Kier alpha value is -8.61. The summed E-state index contributed by atoms with van der Waals surface area (Å²) in [5, 5.41) is 31.8. The number of ether oxygens (including phenoxy) is 2. The number of nitrogens with one attached hydrogen (secondary N) is 5. The van der Waals surface area contributed by atoms with Crippen molar-refractivity contribution in [1.82, 2.24) is 55.5 Å². The van der Waals surface area contributed by atoms with Gasteiger partial charge in [0.05, 0.1) is 45.4 Å². The van der Waals surface area contributed by atoms with Gasteiger partial charge in [0.15, 0.2) is 11.5 Å². The largest absolute Gasteiger partial charge is 0.501 e. The first kappa shape index (κ1) is 89.6. The number of likely N-dealkylation sites (tertiary alicyclic amines) is 1. The van der Waals surface area contributed by atoms with E-state index in [1.165, 1.54) is 39.9 Å². The summed E-state index contributed by atoms with van der Waals surface area (Å²) in [6.07, 6.45) is 3.48. The molecule has 4 aliphatic heterocycles. The maximum atomic E-state index is 14.5. The molecule has 1 aliphatic carbocycles. The molecule has 6 heterocycles. The van der Waals surface area contributed by atoms with Gasteiger partial charge in [-0.2, -0.15) is 13.2 Å². The molecule has 34 heteroatoms. The highest BCUT2D eigenvalue weighted by Gasteiger charge is 2.49. The first-order valence-corrected chi connectivity index (χ1v) is 45.5. The monoisotopic (exact) mass is 1730 g/mol. The summed E-state index contributed by atoms with van der Waals surface area (Å²) in [5.41, 5.74) is 2.38. The van der Waals surface area contributed by atoms with Crippen LogP contribution in [-0.2, 0) is 43.7 Å². The van der Waals surface area contributed by atoms with Crippen LogP contribution in [0.3, 0.4) is 0 Å². The van der Waals surface area contributed by atoms with Crippen molar-refractivity contribution < 1.29 is 68.6 Å². The number of carbonyl (C=O) groups excluding carboxylic acids is 5. The first-order chi connectivity index (χ1) is 56.8. The number of piperazine rings is 2. The number of hydrogen-bond donors (Lipinski definition) is 6. The van der Waals surface area contributed by atoms with E-state index < -0.39 is 106 Å². The van der Waals surface area contributed by atoms with Crippen LogP contribution in [0.4, 0.5) is 30.4 Å². The number of thiazole rings is 1. The minimum absolute atomic E-state index is 0.0328. The number of hydrogen-bond acceptors (Lipinski definition) is 23. The molecule has 4 fully saturated rings. The molecule has 5 aromatic carbocycles. The van der Waals surface area contributed by atoms with Gasteiger partial charge in [-0.15, -0.1) is 33.3 Å². The zero-order valence-electron chi connectivity index (χ0n) is 67.9. The number of aryl methyl sites for hydroxylation is 1. The predicted octanol–water partition coefficient (Wildman–Crippen LogP) is 10.8. The Morgan fingerprint density at radius 2 is 1.50 bits per heavy atom. The second-order valence-electron chi connectivity index (χ2n) is 32.6. The maximum Gasteiger partial charge on any atom is 0.501 e. The summed E-state index contributed by atoms with van der Waals surface area (Å²) in [4.78, 5) is 85.3. The van der Waals surface area contributed by atoms with E-state index in [0.29, 0.717) is 88.0 Å². The third-order valence-corrected chi connectivity index (χ3v) is 27.8. The van der Waals surface area contributed by atoms with Crippen molar-refractivity contribution in [2.24, 2.45) is 10.8 Å². The number of aliphatic hydroxyl groups excluding tert-OH is 1. The molecule has 119 heavy (non-hydrogen) atoms. The van der Waals surface area contributed by atoms with Gasteiger partial charge < -0.3 is 55.4 Å². The highest BCUT2D eigenvalue weighted by atomic mass is 35.5. The van der Waals surface area contributed by atoms with E-state index >= 15 is 0 Å². The molecule has 0 spiro atoms.